The molecular weight excluding hydrogens is 471 g/mol. The average Bonchev–Trinajstić information content (AvgIpc) is 2.72. The molecule has 3 aromatic rings. The van der Waals surface area contributed by atoms with Gasteiger partial charge < -0.3 is 10.1 Å². The van der Waals surface area contributed by atoms with Gasteiger partial charge in [-0.3, -0.25) is 9.52 Å². The normalized spacial score (nSPS) is 12.2. The lowest BCUT2D eigenvalue weighted by molar-refractivity contribution is -0.122. The molecule has 0 heterocycles. The zero-order chi connectivity index (χ0) is 23.5. The van der Waals surface area contributed by atoms with E-state index in [1.807, 2.05) is 26.0 Å². The van der Waals surface area contributed by atoms with E-state index in [1.165, 1.54) is 30.3 Å². The van der Waals surface area contributed by atoms with Crippen molar-refractivity contribution in [2.24, 2.45) is 0 Å². The van der Waals surface area contributed by atoms with E-state index in [9.17, 15) is 13.2 Å². The van der Waals surface area contributed by atoms with Gasteiger partial charge in [-0.25, -0.2) is 8.42 Å². The van der Waals surface area contributed by atoms with Gasteiger partial charge in [0.05, 0.1) is 15.6 Å². The summed E-state index contributed by atoms with van der Waals surface area (Å²) in [5.41, 5.74) is 2.81. The molecule has 0 aromatic heterocycles. The van der Waals surface area contributed by atoms with E-state index in [0.29, 0.717) is 27.2 Å². The number of benzene rings is 3. The van der Waals surface area contributed by atoms with E-state index >= 15 is 0 Å². The fourth-order valence-corrected chi connectivity index (χ4v) is 4.49. The van der Waals surface area contributed by atoms with E-state index in [4.69, 9.17) is 27.9 Å². The van der Waals surface area contributed by atoms with Crippen LogP contribution >= 0.6 is 23.2 Å². The van der Waals surface area contributed by atoms with Gasteiger partial charge in [-0.15, -0.1) is 0 Å². The molecule has 0 aliphatic heterocycles. The Balaban J connectivity index is 1.66. The molecule has 9 heteroatoms. The molecule has 32 heavy (non-hydrogen) atoms. The molecule has 0 unspecified atom stereocenters. The smallest absolute Gasteiger partial charge is 0.265 e. The number of anilines is 2. The molecule has 0 radical (unpaired) electrons. The predicted molar refractivity (Wildman–Crippen MR) is 128 cm³/mol. The molecule has 3 aromatic carbocycles. The van der Waals surface area contributed by atoms with Crippen LogP contribution in [0.15, 0.2) is 65.6 Å². The summed E-state index contributed by atoms with van der Waals surface area (Å²) in [6.45, 7) is 5.35. The van der Waals surface area contributed by atoms with Crippen LogP contribution in [-0.2, 0) is 14.8 Å². The zero-order valence-electron chi connectivity index (χ0n) is 17.6. The number of aryl methyl sites for hydroxylation is 2. The van der Waals surface area contributed by atoms with Crippen LogP contribution in [0.3, 0.4) is 0 Å². The largest absolute Gasteiger partial charge is 0.479 e. The highest BCUT2D eigenvalue weighted by atomic mass is 35.5. The molecule has 0 spiro atoms. The van der Waals surface area contributed by atoms with Crippen LogP contribution in [0.5, 0.6) is 5.75 Å². The second-order valence-electron chi connectivity index (χ2n) is 7.27. The number of sulfonamides is 1. The Morgan fingerprint density at radius 2 is 1.66 bits per heavy atom. The molecule has 1 atom stereocenters. The number of hydrogen-bond donors (Lipinski definition) is 2. The molecule has 6 nitrogen and oxygen atoms in total. The topological polar surface area (TPSA) is 84.5 Å². The molecule has 0 saturated heterocycles. The van der Waals surface area contributed by atoms with Gasteiger partial charge in [0.25, 0.3) is 15.9 Å². The minimum Gasteiger partial charge on any atom is -0.479 e. The number of halogens is 2. The third-order valence-corrected chi connectivity index (χ3v) is 6.54. The highest BCUT2D eigenvalue weighted by Crippen LogP contribution is 2.28. The van der Waals surface area contributed by atoms with Gasteiger partial charge in [-0.05, 0) is 74.9 Å². The Labute approximate surface area is 197 Å². The van der Waals surface area contributed by atoms with Crippen molar-refractivity contribution in [3.63, 3.8) is 0 Å². The predicted octanol–water partition coefficient (Wildman–Crippen LogP) is 5.82. The molecular formula is C23H22Cl2N2O4S. The second-order valence-corrected chi connectivity index (χ2v) is 9.80. The van der Waals surface area contributed by atoms with Crippen molar-refractivity contribution in [1.29, 1.82) is 0 Å². The van der Waals surface area contributed by atoms with Gasteiger partial charge in [0.1, 0.15) is 5.75 Å². The standard InChI is InChI=1S/C23H22Cl2N2O4S/c1-14-4-10-21(15(2)12-14)27-32(29,30)19-8-6-18(7-9-19)26-23(28)16(3)31-22-11-5-17(24)13-20(22)25/h4-13,16,27H,1-3H3,(H,26,28)/t16-/m0/s1. The van der Waals surface area contributed by atoms with Crippen molar-refractivity contribution in [3.8, 4) is 5.75 Å². The summed E-state index contributed by atoms with van der Waals surface area (Å²) < 4.78 is 33.6. The van der Waals surface area contributed by atoms with Gasteiger partial charge >= 0.3 is 0 Å². The number of nitrogens with one attached hydrogen (secondary N) is 2. The summed E-state index contributed by atoms with van der Waals surface area (Å²) in [5, 5.41) is 3.44. The number of hydrogen-bond acceptors (Lipinski definition) is 4. The van der Waals surface area contributed by atoms with Crippen LogP contribution in [0.2, 0.25) is 10.0 Å². The van der Waals surface area contributed by atoms with E-state index < -0.39 is 22.0 Å². The van der Waals surface area contributed by atoms with Gasteiger partial charge in [-0.1, -0.05) is 40.9 Å². The van der Waals surface area contributed by atoms with Crippen LogP contribution in [-0.4, -0.2) is 20.4 Å². The summed E-state index contributed by atoms with van der Waals surface area (Å²) in [5.74, 6) is -0.0855. The Hall–Kier alpha value is -2.74. The maximum atomic E-state index is 12.7. The number of ether oxygens (including phenoxy) is 1. The van der Waals surface area contributed by atoms with Crippen LogP contribution < -0.4 is 14.8 Å². The first-order valence-electron chi connectivity index (χ1n) is 9.68. The Morgan fingerprint density at radius 3 is 2.28 bits per heavy atom. The Kier molecular flexibility index (Phi) is 7.33. The third-order valence-electron chi connectivity index (χ3n) is 4.63. The maximum Gasteiger partial charge on any atom is 0.265 e. The summed E-state index contributed by atoms with van der Waals surface area (Å²) >= 11 is 11.9. The van der Waals surface area contributed by atoms with Crippen molar-refractivity contribution < 1.29 is 17.9 Å². The number of amides is 1. The van der Waals surface area contributed by atoms with E-state index in [0.717, 1.165) is 11.1 Å². The van der Waals surface area contributed by atoms with Crippen LogP contribution in [0.1, 0.15) is 18.1 Å². The summed E-state index contributed by atoms with van der Waals surface area (Å²) in [6, 6.07) is 16.0. The molecule has 3 rings (SSSR count). The summed E-state index contributed by atoms with van der Waals surface area (Å²) in [7, 11) is -3.77. The van der Waals surface area contributed by atoms with Crippen LogP contribution in [0.4, 0.5) is 11.4 Å². The Bertz CT molecular complexity index is 1250. The zero-order valence-corrected chi connectivity index (χ0v) is 20.0. The highest BCUT2D eigenvalue weighted by molar-refractivity contribution is 7.92. The molecule has 0 fully saturated rings. The fourth-order valence-electron chi connectivity index (χ4n) is 2.91. The lowest BCUT2D eigenvalue weighted by Gasteiger charge is -2.16. The fraction of sp³-hybridized carbons (Fsp3) is 0.174. The van der Waals surface area contributed by atoms with E-state index in [-0.39, 0.29) is 4.90 Å². The maximum absolute atomic E-state index is 12.7. The van der Waals surface area contributed by atoms with Crippen molar-refractivity contribution in [2.45, 2.75) is 31.8 Å². The molecule has 168 valence electrons. The van der Waals surface area contributed by atoms with Gasteiger partial charge in [0.2, 0.25) is 0 Å². The highest BCUT2D eigenvalue weighted by Gasteiger charge is 2.18. The SMILES string of the molecule is Cc1ccc(NS(=O)(=O)c2ccc(NC(=O)[C@H](C)Oc3ccc(Cl)cc3Cl)cc2)c(C)c1. The number of carbonyl (C=O) groups is 1. The van der Waals surface area contributed by atoms with Crippen molar-refractivity contribution in [1.82, 2.24) is 0 Å². The van der Waals surface area contributed by atoms with Crippen molar-refractivity contribution in [2.75, 3.05) is 10.0 Å². The summed E-state index contributed by atoms with van der Waals surface area (Å²) in [6.07, 6.45) is -0.844. The first-order valence-corrected chi connectivity index (χ1v) is 11.9. The monoisotopic (exact) mass is 492 g/mol. The van der Waals surface area contributed by atoms with Crippen molar-refractivity contribution in [3.05, 3.63) is 81.8 Å². The van der Waals surface area contributed by atoms with Gasteiger partial charge in [0.15, 0.2) is 6.10 Å². The van der Waals surface area contributed by atoms with Gasteiger partial charge in [-0.2, -0.15) is 0 Å². The molecule has 0 bridgehead atoms. The number of rotatable bonds is 7. The minimum absolute atomic E-state index is 0.0766. The van der Waals surface area contributed by atoms with E-state index in [2.05, 4.69) is 10.0 Å². The van der Waals surface area contributed by atoms with Crippen LogP contribution in [0, 0.1) is 13.8 Å². The minimum atomic E-state index is -3.77. The quantitative estimate of drug-likeness (QED) is 0.435. The molecule has 2 N–H and O–H groups in total. The van der Waals surface area contributed by atoms with Crippen molar-refractivity contribution >= 4 is 50.5 Å². The third kappa shape index (κ3) is 5.94. The molecule has 0 aliphatic carbocycles. The first kappa shape index (κ1) is 23.9. The summed E-state index contributed by atoms with van der Waals surface area (Å²) in [4.78, 5) is 12.5. The Morgan fingerprint density at radius 1 is 0.969 bits per heavy atom. The van der Waals surface area contributed by atoms with Crippen LogP contribution in [0.25, 0.3) is 0 Å². The number of carbonyl (C=O) groups excluding carboxylic acids is 1. The lowest BCUT2D eigenvalue weighted by Crippen LogP contribution is -2.30. The average molecular weight is 493 g/mol. The molecule has 0 saturated carbocycles. The molecule has 0 aliphatic rings. The lowest BCUT2D eigenvalue weighted by atomic mass is 10.1. The molecule has 1 amide bonds. The van der Waals surface area contributed by atoms with E-state index in [1.54, 1.807) is 25.1 Å². The second kappa shape index (κ2) is 9.81. The van der Waals surface area contributed by atoms with Gasteiger partial charge in [0, 0.05) is 10.7 Å². The first-order chi connectivity index (χ1) is 15.0.